The van der Waals surface area contributed by atoms with E-state index in [1.165, 1.54) is 18.2 Å². The zero-order chi connectivity index (χ0) is 12.4. The van der Waals surface area contributed by atoms with Crippen LogP contribution in [0.5, 0.6) is 11.5 Å². The molecule has 1 saturated heterocycles. The maximum Gasteiger partial charge on any atom is 0.257 e. The molecule has 0 spiro atoms. The van der Waals surface area contributed by atoms with Crippen LogP contribution < -0.4 is 5.73 Å². The van der Waals surface area contributed by atoms with E-state index >= 15 is 0 Å². The number of carbonyl (C=O) groups is 1. The first-order chi connectivity index (χ1) is 8.11. The summed E-state index contributed by atoms with van der Waals surface area (Å²) < 4.78 is 0. The molecule has 92 valence electrons. The van der Waals surface area contributed by atoms with Crippen molar-refractivity contribution in [2.75, 3.05) is 19.6 Å². The second-order valence-electron chi connectivity index (χ2n) is 4.34. The van der Waals surface area contributed by atoms with Gasteiger partial charge >= 0.3 is 0 Å². The van der Waals surface area contributed by atoms with Crippen LogP contribution in [-0.2, 0) is 0 Å². The lowest BCUT2D eigenvalue weighted by Gasteiger charge is -2.17. The van der Waals surface area contributed by atoms with Gasteiger partial charge in [0, 0.05) is 19.2 Å². The van der Waals surface area contributed by atoms with Crippen LogP contribution >= 0.6 is 0 Å². The van der Waals surface area contributed by atoms with Gasteiger partial charge in [0.15, 0.2) is 0 Å². The van der Waals surface area contributed by atoms with Gasteiger partial charge in [-0.1, -0.05) is 0 Å². The molecule has 0 aromatic heterocycles. The molecular weight excluding hydrogens is 220 g/mol. The molecule has 1 aliphatic rings. The SMILES string of the molecule is NCC1CCN(C(=O)c2ccc(O)cc2O)C1. The van der Waals surface area contributed by atoms with Crippen molar-refractivity contribution < 1.29 is 15.0 Å². The number of benzene rings is 1. The number of rotatable bonds is 2. The Balaban J connectivity index is 2.15. The molecule has 5 heteroatoms. The van der Waals surface area contributed by atoms with Crippen molar-refractivity contribution in [1.82, 2.24) is 4.90 Å². The van der Waals surface area contributed by atoms with E-state index in [4.69, 9.17) is 10.8 Å². The first-order valence-corrected chi connectivity index (χ1v) is 5.63. The molecule has 1 aliphatic heterocycles. The average Bonchev–Trinajstić information content (AvgIpc) is 2.76. The number of nitrogens with two attached hydrogens (primary N) is 1. The van der Waals surface area contributed by atoms with Gasteiger partial charge < -0.3 is 20.8 Å². The Kier molecular flexibility index (Phi) is 3.19. The summed E-state index contributed by atoms with van der Waals surface area (Å²) in [5.41, 5.74) is 5.79. The lowest BCUT2D eigenvalue weighted by Crippen LogP contribution is -2.29. The third-order valence-electron chi connectivity index (χ3n) is 3.12. The van der Waals surface area contributed by atoms with E-state index in [9.17, 15) is 9.90 Å². The fourth-order valence-corrected chi connectivity index (χ4v) is 2.08. The fraction of sp³-hybridized carbons (Fsp3) is 0.417. The number of aromatic hydroxyl groups is 2. The van der Waals surface area contributed by atoms with Crippen molar-refractivity contribution >= 4 is 5.91 Å². The van der Waals surface area contributed by atoms with Gasteiger partial charge in [0.25, 0.3) is 5.91 Å². The molecule has 17 heavy (non-hydrogen) atoms. The summed E-state index contributed by atoms with van der Waals surface area (Å²) in [6.45, 7) is 1.88. The lowest BCUT2D eigenvalue weighted by molar-refractivity contribution is 0.0784. The zero-order valence-electron chi connectivity index (χ0n) is 9.47. The highest BCUT2D eigenvalue weighted by molar-refractivity contribution is 5.97. The van der Waals surface area contributed by atoms with Gasteiger partial charge in [-0.3, -0.25) is 4.79 Å². The summed E-state index contributed by atoms with van der Waals surface area (Å²) in [6.07, 6.45) is 0.904. The number of phenols is 2. The normalized spacial score (nSPS) is 19.6. The third-order valence-corrected chi connectivity index (χ3v) is 3.12. The Hall–Kier alpha value is -1.75. The summed E-state index contributed by atoms with van der Waals surface area (Å²) in [5, 5.41) is 18.8. The molecular formula is C12H16N2O3. The van der Waals surface area contributed by atoms with E-state index in [0.717, 1.165) is 6.42 Å². The van der Waals surface area contributed by atoms with Gasteiger partial charge in [-0.05, 0) is 31.0 Å². The van der Waals surface area contributed by atoms with Crippen molar-refractivity contribution in [3.05, 3.63) is 23.8 Å². The van der Waals surface area contributed by atoms with Crippen LogP contribution in [0, 0.1) is 5.92 Å². The predicted octanol–water partition coefficient (Wildman–Crippen LogP) is 0.519. The Labute approximate surface area is 99.5 Å². The molecule has 2 rings (SSSR count). The largest absolute Gasteiger partial charge is 0.508 e. The Morgan fingerprint density at radius 1 is 1.47 bits per heavy atom. The van der Waals surface area contributed by atoms with Crippen LogP contribution in [0.2, 0.25) is 0 Å². The Morgan fingerprint density at radius 2 is 2.24 bits per heavy atom. The second-order valence-corrected chi connectivity index (χ2v) is 4.34. The van der Waals surface area contributed by atoms with Gasteiger partial charge in [-0.15, -0.1) is 0 Å². The van der Waals surface area contributed by atoms with Crippen LogP contribution in [-0.4, -0.2) is 40.7 Å². The number of phenolic OH excluding ortho intramolecular Hbond substituents is 2. The summed E-state index contributed by atoms with van der Waals surface area (Å²) in [7, 11) is 0. The van der Waals surface area contributed by atoms with E-state index < -0.39 is 0 Å². The molecule has 1 aromatic carbocycles. The van der Waals surface area contributed by atoms with Gasteiger partial charge in [-0.25, -0.2) is 0 Å². The maximum atomic E-state index is 12.1. The van der Waals surface area contributed by atoms with Crippen molar-refractivity contribution in [3.8, 4) is 11.5 Å². The van der Waals surface area contributed by atoms with E-state index in [2.05, 4.69) is 0 Å². The van der Waals surface area contributed by atoms with Crippen molar-refractivity contribution in [3.63, 3.8) is 0 Å². The lowest BCUT2D eigenvalue weighted by atomic mass is 10.1. The van der Waals surface area contributed by atoms with Crippen molar-refractivity contribution in [1.29, 1.82) is 0 Å². The zero-order valence-corrected chi connectivity index (χ0v) is 9.47. The minimum Gasteiger partial charge on any atom is -0.508 e. The molecule has 4 N–H and O–H groups in total. The van der Waals surface area contributed by atoms with E-state index in [0.29, 0.717) is 25.6 Å². The highest BCUT2D eigenvalue weighted by Crippen LogP contribution is 2.26. The van der Waals surface area contributed by atoms with Crippen LogP contribution in [0.4, 0.5) is 0 Å². The first kappa shape index (κ1) is 11.7. The van der Waals surface area contributed by atoms with E-state index in [1.807, 2.05) is 0 Å². The Morgan fingerprint density at radius 3 is 2.82 bits per heavy atom. The number of amides is 1. The molecule has 0 radical (unpaired) electrons. The number of carbonyl (C=O) groups excluding carboxylic acids is 1. The van der Waals surface area contributed by atoms with Crippen molar-refractivity contribution in [2.24, 2.45) is 11.7 Å². The van der Waals surface area contributed by atoms with Gasteiger partial charge in [0.1, 0.15) is 11.5 Å². The molecule has 0 saturated carbocycles. The van der Waals surface area contributed by atoms with Gasteiger partial charge in [0.05, 0.1) is 5.56 Å². The van der Waals surface area contributed by atoms with Gasteiger partial charge in [-0.2, -0.15) is 0 Å². The quantitative estimate of drug-likeness (QED) is 0.698. The van der Waals surface area contributed by atoms with Crippen LogP contribution in [0.1, 0.15) is 16.8 Å². The minimum absolute atomic E-state index is 0.0553. The predicted molar refractivity (Wildman–Crippen MR) is 62.8 cm³/mol. The van der Waals surface area contributed by atoms with Gasteiger partial charge in [0.2, 0.25) is 0 Å². The second kappa shape index (κ2) is 4.63. The molecule has 1 amide bonds. The molecule has 1 aromatic rings. The summed E-state index contributed by atoms with van der Waals surface area (Å²) >= 11 is 0. The maximum absolute atomic E-state index is 12.1. The first-order valence-electron chi connectivity index (χ1n) is 5.63. The van der Waals surface area contributed by atoms with Crippen LogP contribution in [0.25, 0.3) is 0 Å². The number of hydrogen-bond acceptors (Lipinski definition) is 4. The number of likely N-dealkylation sites (tertiary alicyclic amines) is 1. The molecule has 1 heterocycles. The molecule has 1 fully saturated rings. The standard InChI is InChI=1S/C12H16N2O3/c13-6-8-3-4-14(7-8)12(17)10-2-1-9(15)5-11(10)16/h1-2,5,8,15-16H,3-4,6-7,13H2. The van der Waals surface area contributed by atoms with Crippen LogP contribution in [0.15, 0.2) is 18.2 Å². The molecule has 0 bridgehead atoms. The highest BCUT2D eigenvalue weighted by Gasteiger charge is 2.27. The minimum atomic E-state index is -0.210. The smallest absolute Gasteiger partial charge is 0.257 e. The van der Waals surface area contributed by atoms with Crippen molar-refractivity contribution in [2.45, 2.75) is 6.42 Å². The number of nitrogens with zero attached hydrogens (tertiary/aromatic N) is 1. The van der Waals surface area contributed by atoms with E-state index in [1.54, 1.807) is 4.90 Å². The molecule has 1 unspecified atom stereocenters. The molecule has 5 nitrogen and oxygen atoms in total. The highest BCUT2D eigenvalue weighted by atomic mass is 16.3. The topological polar surface area (TPSA) is 86.8 Å². The Bertz CT molecular complexity index is 434. The summed E-state index contributed by atoms with van der Waals surface area (Å²) in [5.74, 6) is -0.108. The summed E-state index contributed by atoms with van der Waals surface area (Å²) in [6, 6.07) is 4.00. The summed E-state index contributed by atoms with van der Waals surface area (Å²) in [4.78, 5) is 13.8. The van der Waals surface area contributed by atoms with Crippen LogP contribution in [0.3, 0.4) is 0 Å². The molecule has 1 atom stereocenters. The molecule has 0 aliphatic carbocycles. The number of hydrogen-bond donors (Lipinski definition) is 3. The fourth-order valence-electron chi connectivity index (χ4n) is 2.08. The van der Waals surface area contributed by atoms with E-state index in [-0.39, 0.29) is 23.0 Å². The monoisotopic (exact) mass is 236 g/mol. The average molecular weight is 236 g/mol. The third kappa shape index (κ3) is 2.34.